The van der Waals surface area contributed by atoms with Crippen LogP contribution in [0.15, 0.2) is 18.3 Å². The van der Waals surface area contributed by atoms with Crippen molar-refractivity contribution in [2.75, 3.05) is 26.3 Å². The molecule has 120 valence electrons. The molecule has 0 N–H and O–H groups in total. The van der Waals surface area contributed by atoms with Crippen LogP contribution in [-0.2, 0) is 9.53 Å². The number of pyridine rings is 1. The fourth-order valence-electron chi connectivity index (χ4n) is 3.18. The first-order chi connectivity index (χ1) is 10.6. The molecular weight excluding hydrogens is 287 g/mol. The zero-order valence-electron chi connectivity index (χ0n) is 12.8. The van der Waals surface area contributed by atoms with Gasteiger partial charge in [0.15, 0.2) is 5.82 Å². The molecule has 3 heterocycles. The van der Waals surface area contributed by atoms with Gasteiger partial charge in [-0.1, -0.05) is 6.92 Å². The molecular formula is C16H21FN2O3. The third-order valence-electron chi connectivity index (χ3n) is 4.48. The summed E-state index contributed by atoms with van der Waals surface area (Å²) in [5.74, 6) is -0.0785. The molecule has 0 unspecified atom stereocenters. The van der Waals surface area contributed by atoms with Gasteiger partial charge in [0.25, 0.3) is 0 Å². The van der Waals surface area contributed by atoms with Gasteiger partial charge in [0.2, 0.25) is 11.8 Å². The number of ether oxygens (including phenoxy) is 2. The van der Waals surface area contributed by atoms with Crippen LogP contribution in [0, 0.1) is 11.7 Å². The van der Waals surface area contributed by atoms with Crippen molar-refractivity contribution in [3.8, 4) is 5.88 Å². The van der Waals surface area contributed by atoms with Crippen LogP contribution >= 0.6 is 0 Å². The van der Waals surface area contributed by atoms with Crippen molar-refractivity contribution in [3.05, 3.63) is 24.1 Å². The molecule has 1 spiro atoms. The summed E-state index contributed by atoms with van der Waals surface area (Å²) >= 11 is 0. The van der Waals surface area contributed by atoms with Gasteiger partial charge in [0.05, 0.1) is 19.7 Å². The lowest BCUT2D eigenvalue weighted by Crippen LogP contribution is -2.66. The van der Waals surface area contributed by atoms with E-state index >= 15 is 0 Å². The maximum Gasteiger partial charge on any atom is 0.250 e. The van der Waals surface area contributed by atoms with Crippen molar-refractivity contribution in [2.45, 2.75) is 31.8 Å². The minimum atomic E-state index is -0.455. The van der Waals surface area contributed by atoms with E-state index in [2.05, 4.69) is 4.98 Å². The van der Waals surface area contributed by atoms with Crippen LogP contribution in [0.5, 0.6) is 5.88 Å². The number of aromatic nitrogens is 1. The Morgan fingerprint density at radius 1 is 1.59 bits per heavy atom. The van der Waals surface area contributed by atoms with Crippen molar-refractivity contribution in [1.82, 2.24) is 9.88 Å². The number of rotatable bonds is 5. The fraction of sp³-hybridized carbons (Fsp3) is 0.625. The second-order valence-corrected chi connectivity index (χ2v) is 6.00. The van der Waals surface area contributed by atoms with Gasteiger partial charge in [0, 0.05) is 25.1 Å². The third-order valence-corrected chi connectivity index (χ3v) is 4.48. The van der Waals surface area contributed by atoms with Gasteiger partial charge in [-0.25, -0.2) is 9.37 Å². The zero-order chi connectivity index (χ0) is 15.6. The van der Waals surface area contributed by atoms with E-state index in [4.69, 9.17) is 9.47 Å². The molecule has 3 rings (SSSR count). The highest BCUT2D eigenvalue weighted by Gasteiger charge is 2.54. The number of carbonyl (C=O) groups is 1. The van der Waals surface area contributed by atoms with Crippen LogP contribution in [0.1, 0.15) is 26.2 Å². The molecule has 6 heteroatoms. The van der Waals surface area contributed by atoms with Crippen LogP contribution in [0.25, 0.3) is 0 Å². The molecule has 0 saturated carbocycles. The van der Waals surface area contributed by atoms with Gasteiger partial charge in [0.1, 0.15) is 5.60 Å². The predicted octanol–water partition coefficient (Wildman–Crippen LogP) is 2.02. The monoisotopic (exact) mass is 308 g/mol. The Kier molecular flexibility index (Phi) is 4.29. The van der Waals surface area contributed by atoms with Gasteiger partial charge in [-0.05, 0) is 25.0 Å². The molecule has 5 nitrogen and oxygen atoms in total. The van der Waals surface area contributed by atoms with Crippen molar-refractivity contribution < 1.29 is 18.7 Å². The molecule has 2 aliphatic rings. The van der Waals surface area contributed by atoms with Crippen molar-refractivity contribution in [2.24, 2.45) is 5.92 Å². The summed E-state index contributed by atoms with van der Waals surface area (Å²) in [6, 6.07) is 2.86. The Hall–Kier alpha value is -1.69. The summed E-state index contributed by atoms with van der Waals surface area (Å²) < 4.78 is 24.9. The van der Waals surface area contributed by atoms with Crippen molar-refractivity contribution >= 4 is 5.91 Å². The maximum absolute atomic E-state index is 13.5. The van der Waals surface area contributed by atoms with Gasteiger partial charge in [-0.2, -0.15) is 0 Å². The number of halogens is 1. The van der Waals surface area contributed by atoms with E-state index in [1.807, 2.05) is 11.8 Å². The standard InChI is InChI=1S/C16H21FN2O3/c1-2-4-14(20)19-10-16(11-19)12(6-8-22-16)9-21-15-13(17)5-3-7-18-15/h3,5,7,12H,2,4,6,8-11H2,1H3/t12-/m0/s1. The molecule has 22 heavy (non-hydrogen) atoms. The molecule has 2 fully saturated rings. The lowest BCUT2D eigenvalue weighted by molar-refractivity contribution is -0.167. The average molecular weight is 308 g/mol. The summed E-state index contributed by atoms with van der Waals surface area (Å²) in [6.45, 7) is 4.25. The van der Waals surface area contributed by atoms with Gasteiger partial charge in [-0.15, -0.1) is 0 Å². The summed E-state index contributed by atoms with van der Waals surface area (Å²) in [4.78, 5) is 17.6. The molecule has 1 aromatic heterocycles. The third kappa shape index (κ3) is 2.79. The van der Waals surface area contributed by atoms with Gasteiger partial charge >= 0.3 is 0 Å². The zero-order valence-corrected chi connectivity index (χ0v) is 12.8. The minimum absolute atomic E-state index is 0.0304. The minimum Gasteiger partial charge on any atom is -0.475 e. The molecule has 0 aromatic carbocycles. The molecule has 1 amide bonds. The Morgan fingerprint density at radius 3 is 3.14 bits per heavy atom. The highest BCUT2D eigenvalue weighted by atomic mass is 19.1. The van der Waals surface area contributed by atoms with Gasteiger partial charge in [-0.3, -0.25) is 4.79 Å². The molecule has 0 bridgehead atoms. The quantitative estimate of drug-likeness (QED) is 0.835. The second kappa shape index (κ2) is 6.20. The molecule has 2 saturated heterocycles. The molecule has 1 atom stereocenters. The largest absolute Gasteiger partial charge is 0.475 e. The van der Waals surface area contributed by atoms with Gasteiger partial charge < -0.3 is 14.4 Å². The van der Waals surface area contributed by atoms with Crippen molar-refractivity contribution in [1.29, 1.82) is 0 Å². The highest BCUT2D eigenvalue weighted by molar-refractivity contribution is 5.77. The lowest BCUT2D eigenvalue weighted by atomic mass is 9.81. The molecule has 2 aliphatic heterocycles. The Balaban J connectivity index is 1.56. The number of hydrogen-bond donors (Lipinski definition) is 0. The maximum atomic E-state index is 13.5. The van der Waals surface area contributed by atoms with Crippen LogP contribution < -0.4 is 4.74 Å². The number of carbonyl (C=O) groups excluding carboxylic acids is 1. The van der Waals surface area contributed by atoms with E-state index < -0.39 is 5.82 Å². The fourth-order valence-corrected chi connectivity index (χ4v) is 3.18. The van der Waals surface area contributed by atoms with Crippen molar-refractivity contribution in [3.63, 3.8) is 0 Å². The van der Waals surface area contributed by atoms with E-state index in [0.29, 0.717) is 32.7 Å². The normalized spacial score (nSPS) is 22.6. The molecule has 0 aliphatic carbocycles. The van der Waals surface area contributed by atoms with E-state index in [1.54, 1.807) is 0 Å². The van der Waals surface area contributed by atoms with Crippen LogP contribution in [0.2, 0.25) is 0 Å². The van der Waals surface area contributed by atoms with E-state index in [-0.39, 0.29) is 23.3 Å². The molecule has 0 radical (unpaired) electrons. The first kappa shape index (κ1) is 15.2. The van der Waals surface area contributed by atoms with Crippen LogP contribution in [-0.4, -0.2) is 47.7 Å². The van der Waals surface area contributed by atoms with E-state index in [9.17, 15) is 9.18 Å². The average Bonchev–Trinajstić information content (AvgIpc) is 2.89. The SMILES string of the molecule is CCCC(=O)N1CC2(C1)OCC[C@H]2COc1ncccc1F. The number of amides is 1. The Morgan fingerprint density at radius 2 is 2.41 bits per heavy atom. The summed E-state index contributed by atoms with van der Waals surface area (Å²) in [7, 11) is 0. The second-order valence-electron chi connectivity index (χ2n) is 6.00. The first-order valence-electron chi connectivity index (χ1n) is 7.79. The first-order valence-corrected chi connectivity index (χ1v) is 7.79. The summed E-state index contributed by atoms with van der Waals surface area (Å²) in [6.07, 6.45) is 3.81. The van der Waals surface area contributed by atoms with E-state index in [1.165, 1.54) is 18.3 Å². The van der Waals surface area contributed by atoms with Crippen LogP contribution in [0.3, 0.4) is 0 Å². The Labute approximate surface area is 129 Å². The number of likely N-dealkylation sites (tertiary alicyclic amines) is 1. The lowest BCUT2D eigenvalue weighted by Gasteiger charge is -2.50. The summed E-state index contributed by atoms with van der Waals surface area (Å²) in [5.41, 5.74) is -0.311. The number of hydrogen-bond acceptors (Lipinski definition) is 4. The smallest absolute Gasteiger partial charge is 0.250 e. The Bertz CT molecular complexity index is 546. The predicted molar refractivity (Wildman–Crippen MR) is 78.0 cm³/mol. The number of nitrogens with zero attached hydrogens (tertiary/aromatic N) is 2. The van der Waals surface area contributed by atoms with E-state index in [0.717, 1.165) is 12.8 Å². The topological polar surface area (TPSA) is 51.7 Å². The van der Waals surface area contributed by atoms with Crippen LogP contribution in [0.4, 0.5) is 4.39 Å². The highest BCUT2D eigenvalue weighted by Crippen LogP contribution is 2.40. The summed E-state index contributed by atoms with van der Waals surface area (Å²) in [5, 5.41) is 0. The molecule has 1 aromatic rings.